The van der Waals surface area contributed by atoms with Crippen LogP contribution in [-0.2, 0) is 9.53 Å². The van der Waals surface area contributed by atoms with Crippen LogP contribution in [0.2, 0.25) is 0 Å². The van der Waals surface area contributed by atoms with Crippen LogP contribution in [0.1, 0.15) is 33.3 Å². The van der Waals surface area contributed by atoms with Crippen molar-refractivity contribution in [1.82, 2.24) is 0 Å². The molecule has 1 aliphatic heterocycles. The molecule has 1 aromatic rings. The molecule has 0 saturated heterocycles. The molecule has 5 heteroatoms. The molecule has 0 atom stereocenters. The van der Waals surface area contributed by atoms with Gasteiger partial charge in [0.1, 0.15) is 0 Å². The molecule has 22 heavy (non-hydrogen) atoms. The Hall–Kier alpha value is -2.30. The van der Waals surface area contributed by atoms with Crippen molar-refractivity contribution >= 4 is 17.9 Å². The van der Waals surface area contributed by atoms with Crippen LogP contribution in [0.5, 0.6) is 11.5 Å². The van der Waals surface area contributed by atoms with E-state index < -0.39 is 5.97 Å². The fourth-order valence-corrected chi connectivity index (χ4v) is 1.94. The number of benzene rings is 1. The normalized spacial score (nSPS) is 16.5. The van der Waals surface area contributed by atoms with Gasteiger partial charge in [-0.1, -0.05) is 26.8 Å². The van der Waals surface area contributed by atoms with E-state index >= 15 is 0 Å². The van der Waals surface area contributed by atoms with Gasteiger partial charge in [0.25, 0.3) is 0 Å². The lowest BCUT2D eigenvalue weighted by molar-refractivity contribution is -0.130. The Morgan fingerprint density at radius 3 is 2.55 bits per heavy atom. The van der Waals surface area contributed by atoms with Crippen molar-refractivity contribution in [3.05, 3.63) is 29.5 Å². The molecule has 0 saturated carbocycles. The lowest BCUT2D eigenvalue weighted by Crippen LogP contribution is -2.21. The number of aliphatic imine (C=N–C) groups is 1. The summed E-state index contributed by atoms with van der Waals surface area (Å²) in [7, 11) is 1.58. The van der Waals surface area contributed by atoms with Gasteiger partial charge >= 0.3 is 5.97 Å². The third-order valence-corrected chi connectivity index (χ3v) is 3.05. The van der Waals surface area contributed by atoms with Crippen molar-refractivity contribution < 1.29 is 19.0 Å². The summed E-state index contributed by atoms with van der Waals surface area (Å²) in [5, 5.41) is 0. The highest BCUT2D eigenvalue weighted by molar-refractivity contribution is 6.08. The summed E-state index contributed by atoms with van der Waals surface area (Å²) in [5.74, 6) is 1.28. The Labute approximate surface area is 130 Å². The molecular weight excluding hydrogens is 282 g/mol. The van der Waals surface area contributed by atoms with Crippen LogP contribution in [0.4, 0.5) is 0 Å². The SMILES string of the molecule is CCOc1ccc(C=C2N=C(C(C)(C)C)OC2=O)cc1OC. The molecule has 0 radical (unpaired) electrons. The predicted octanol–water partition coefficient (Wildman–Crippen LogP) is 3.44. The Bertz CT molecular complexity index is 639. The molecule has 0 unspecified atom stereocenters. The Kier molecular flexibility index (Phi) is 4.54. The van der Waals surface area contributed by atoms with Gasteiger partial charge in [0, 0.05) is 5.41 Å². The molecule has 0 bridgehead atoms. The van der Waals surface area contributed by atoms with Gasteiger partial charge in [-0.25, -0.2) is 9.79 Å². The van der Waals surface area contributed by atoms with Crippen molar-refractivity contribution in [3.8, 4) is 11.5 Å². The van der Waals surface area contributed by atoms with E-state index in [0.717, 1.165) is 5.56 Å². The maximum atomic E-state index is 11.9. The standard InChI is InChI=1S/C17H21NO4/c1-6-21-13-8-7-11(10-14(13)20-5)9-12-15(19)22-16(18-12)17(2,3)4/h7-10H,6H2,1-5H3. The first-order valence-corrected chi connectivity index (χ1v) is 7.19. The zero-order valence-electron chi connectivity index (χ0n) is 13.6. The fourth-order valence-electron chi connectivity index (χ4n) is 1.94. The largest absolute Gasteiger partial charge is 0.493 e. The summed E-state index contributed by atoms with van der Waals surface area (Å²) in [5.41, 5.74) is 0.782. The number of esters is 1. The average Bonchev–Trinajstić information content (AvgIpc) is 2.82. The highest BCUT2D eigenvalue weighted by atomic mass is 16.6. The van der Waals surface area contributed by atoms with Crippen LogP contribution < -0.4 is 9.47 Å². The fraction of sp³-hybridized carbons (Fsp3) is 0.412. The van der Waals surface area contributed by atoms with Gasteiger partial charge in [-0.05, 0) is 30.7 Å². The number of hydrogen-bond acceptors (Lipinski definition) is 5. The maximum absolute atomic E-state index is 11.9. The Balaban J connectivity index is 2.33. The van der Waals surface area contributed by atoms with Crippen molar-refractivity contribution in [3.63, 3.8) is 0 Å². The van der Waals surface area contributed by atoms with Crippen LogP contribution in [0.15, 0.2) is 28.9 Å². The number of methoxy groups -OCH3 is 1. The molecule has 5 nitrogen and oxygen atoms in total. The lowest BCUT2D eigenvalue weighted by atomic mass is 9.97. The van der Waals surface area contributed by atoms with Crippen molar-refractivity contribution in [2.24, 2.45) is 10.4 Å². The van der Waals surface area contributed by atoms with Gasteiger partial charge in [-0.2, -0.15) is 0 Å². The molecule has 1 aliphatic rings. The van der Waals surface area contributed by atoms with Crippen LogP contribution in [-0.4, -0.2) is 25.6 Å². The number of cyclic esters (lactones) is 1. The minimum atomic E-state index is -0.433. The first-order chi connectivity index (χ1) is 10.3. The molecule has 1 heterocycles. The summed E-state index contributed by atoms with van der Waals surface area (Å²) >= 11 is 0. The number of carbonyl (C=O) groups is 1. The van der Waals surface area contributed by atoms with E-state index in [0.29, 0.717) is 24.0 Å². The summed E-state index contributed by atoms with van der Waals surface area (Å²) in [6.45, 7) is 8.31. The van der Waals surface area contributed by atoms with E-state index in [1.54, 1.807) is 19.3 Å². The topological polar surface area (TPSA) is 57.1 Å². The van der Waals surface area contributed by atoms with Gasteiger partial charge in [0.05, 0.1) is 13.7 Å². The van der Waals surface area contributed by atoms with Gasteiger partial charge in [-0.3, -0.25) is 0 Å². The van der Waals surface area contributed by atoms with Crippen LogP contribution in [0.3, 0.4) is 0 Å². The minimum Gasteiger partial charge on any atom is -0.493 e. The van der Waals surface area contributed by atoms with Crippen molar-refractivity contribution in [2.75, 3.05) is 13.7 Å². The summed E-state index contributed by atoms with van der Waals surface area (Å²) < 4.78 is 16.0. The highest BCUT2D eigenvalue weighted by Crippen LogP contribution is 2.30. The molecule has 0 N–H and O–H groups in total. The smallest absolute Gasteiger partial charge is 0.363 e. The van der Waals surface area contributed by atoms with E-state index in [9.17, 15) is 4.79 Å². The number of hydrogen-bond donors (Lipinski definition) is 0. The van der Waals surface area contributed by atoms with Crippen LogP contribution in [0, 0.1) is 5.41 Å². The third-order valence-electron chi connectivity index (χ3n) is 3.05. The molecule has 118 valence electrons. The number of rotatable bonds is 4. The molecule has 0 fully saturated rings. The van der Waals surface area contributed by atoms with Crippen LogP contribution in [0.25, 0.3) is 6.08 Å². The predicted molar refractivity (Wildman–Crippen MR) is 85.1 cm³/mol. The van der Waals surface area contributed by atoms with Crippen molar-refractivity contribution in [2.45, 2.75) is 27.7 Å². The lowest BCUT2D eigenvalue weighted by Gasteiger charge is -2.15. The molecule has 2 rings (SSSR count). The zero-order chi connectivity index (χ0) is 16.3. The van der Waals surface area contributed by atoms with Gasteiger partial charge < -0.3 is 14.2 Å². The van der Waals surface area contributed by atoms with Crippen LogP contribution >= 0.6 is 0 Å². The molecule has 0 amide bonds. The van der Waals surface area contributed by atoms with Gasteiger partial charge in [0.15, 0.2) is 17.2 Å². The molecule has 0 aliphatic carbocycles. The average molecular weight is 303 g/mol. The van der Waals surface area contributed by atoms with E-state index in [4.69, 9.17) is 14.2 Å². The summed E-state index contributed by atoms with van der Waals surface area (Å²) in [4.78, 5) is 16.2. The van der Waals surface area contributed by atoms with E-state index in [1.165, 1.54) is 0 Å². The molecular formula is C17H21NO4. The van der Waals surface area contributed by atoms with Gasteiger partial charge in [-0.15, -0.1) is 0 Å². The number of ether oxygens (including phenoxy) is 3. The molecule has 1 aromatic carbocycles. The monoisotopic (exact) mass is 303 g/mol. The zero-order valence-corrected chi connectivity index (χ0v) is 13.6. The van der Waals surface area contributed by atoms with E-state index in [1.807, 2.05) is 39.8 Å². The second-order valence-electron chi connectivity index (χ2n) is 5.93. The Morgan fingerprint density at radius 1 is 1.27 bits per heavy atom. The first-order valence-electron chi connectivity index (χ1n) is 7.19. The number of carbonyl (C=O) groups excluding carboxylic acids is 1. The first kappa shape index (κ1) is 16.1. The van der Waals surface area contributed by atoms with Gasteiger partial charge in [0.2, 0.25) is 5.90 Å². The van der Waals surface area contributed by atoms with E-state index in [-0.39, 0.29) is 11.1 Å². The molecule has 0 aromatic heterocycles. The second kappa shape index (κ2) is 6.22. The van der Waals surface area contributed by atoms with E-state index in [2.05, 4.69) is 4.99 Å². The highest BCUT2D eigenvalue weighted by Gasteiger charge is 2.31. The Morgan fingerprint density at radius 2 is 2.00 bits per heavy atom. The number of nitrogens with zero attached hydrogens (tertiary/aromatic N) is 1. The quantitative estimate of drug-likeness (QED) is 0.631. The van der Waals surface area contributed by atoms with Crippen molar-refractivity contribution in [1.29, 1.82) is 0 Å². The minimum absolute atomic E-state index is 0.288. The maximum Gasteiger partial charge on any atom is 0.363 e. The third kappa shape index (κ3) is 3.47. The summed E-state index contributed by atoms with van der Waals surface area (Å²) in [6, 6.07) is 5.46. The molecule has 0 spiro atoms. The second-order valence-corrected chi connectivity index (χ2v) is 5.93. The summed E-state index contributed by atoms with van der Waals surface area (Å²) in [6.07, 6.45) is 1.68.